The molecule has 1 unspecified atom stereocenters. The van der Waals surface area contributed by atoms with E-state index in [9.17, 15) is 4.79 Å². The zero-order chi connectivity index (χ0) is 20.3. The van der Waals surface area contributed by atoms with E-state index in [2.05, 4.69) is 29.7 Å². The largest absolute Gasteiger partial charge is 0.314 e. The molecule has 1 saturated heterocycles. The van der Waals surface area contributed by atoms with Gasteiger partial charge in [0.05, 0.1) is 18.8 Å². The predicted molar refractivity (Wildman–Crippen MR) is 113 cm³/mol. The van der Waals surface area contributed by atoms with Crippen LogP contribution >= 0.6 is 0 Å². The van der Waals surface area contributed by atoms with E-state index in [4.69, 9.17) is 0 Å². The van der Waals surface area contributed by atoms with Gasteiger partial charge in [-0.05, 0) is 50.4 Å². The number of nitrogens with zero attached hydrogens (tertiary/aromatic N) is 7. The highest BCUT2D eigenvalue weighted by molar-refractivity contribution is 5.56. The number of likely N-dealkylation sites (tertiary alicyclic amines) is 1. The van der Waals surface area contributed by atoms with Crippen molar-refractivity contribution in [2.45, 2.75) is 64.2 Å². The van der Waals surface area contributed by atoms with Gasteiger partial charge in [-0.2, -0.15) is 5.10 Å². The number of aryl methyl sites for hydroxylation is 1. The molecule has 156 valence electrons. The topological polar surface area (TPSA) is 81.7 Å². The first-order valence-electron chi connectivity index (χ1n) is 10.9. The lowest BCUT2D eigenvalue weighted by molar-refractivity contribution is 0.209. The van der Waals surface area contributed by atoms with Gasteiger partial charge in [0.1, 0.15) is 11.6 Å². The first kappa shape index (κ1) is 19.1. The Morgan fingerprint density at radius 2 is 2.00 bits per heavy atom. The molecular weight excluding hydrogens is 378 g/mol. The van der Waals surface area contributed by atoms with E-state index < -0.39 is 0 Å². The van der Waals surface area contributed by atoms with Crippen molar-refractivity contribution in [1.29, 1.82) is 0 Å². The molecule has 2 aliphatic rings. The van der Waals surface area contributed by atoms with E-state index in [1.165, 1.54) is 19.3 Å². The Hall–Kier alpha value is -2.87. The van der Waals surface area contributed by atoms with Crippen LogP contribution in [0.25, 0.3) is 11.3 Å². The highest BCUT2D eigenvalue weighted by Gasteiger charge is 2.28. The van der Waals surface area contributed by atoms with Crippen molar-refractivity contribution in [2.75, 3.05) is 6.54 Å². The number of hydrogen-bond donors (Lipinski definition) is 0. The average molecular weight is 406 g/mol. The standard InChI is InChI=1S/C22H27N7O/c30-22-10-9-19(17-6-4-11-23-14-17)26-29(22)15-18-7-5-12-27(18)16-21-25-24-20-8-2-1-3-13-28(20)21/h4,6,9-11,14,18H,1-3,5,7-8,12-13,15-16H2. The van der Waals surface area contributed by atoms with Crippen LogP contribution in [-0.2, 0) is 26.1 Å². The molecule has 0 spiro atoms. The summed E-state index contributed by atoms with van der Waals surface area (Å²) in [5.41, 5.74) is 1.63. The zero-order valence-electron chi connectivity index (χ0n) is 17.2. The second kappa shape index (κ2) is 8.47. The minimum absolute atomic E-state index is 0.0640. The fourth-order valence-corrected chi connectivity index (χ4v) is 4.60. The van der Waals surface area contributed by atoms with Gasteiger partial charge in [0.25, 0.3) is 5.56 Å². The molecule has 0 N–H and O–H groups in total. The average Bonchev–Trinajstić information content (AvgIpc) is 3.29. The van der Waals surface area contributed by atoms with Gasteiger partial charge >= 0.3 is 0 Å². The maximum Gasteiger partial charge on any atom is 0.266 e. The van der Waals surface area contributed by atoms with Crippen LogP contribution in [0.15, 0.2) is 41.5 Å². The maximum absolute atomic E-state index is 12.5. The summed E-state index contributed by atoms with van der Waals surface area (Å²) < 4.78 is 3.92. The van der Waals surface area contributed by atoms with Crippen LogP contribution in [0.4, 0.5) is 0 Å². The fourth-order valence-electron chi connectivity index (χ4n) is 4.60. The van der Waals surface area contributed by atoms with Gasteiger partial charge < -0.3 is 4.57 Å². The summed E-state index contributed by atoms with van der Waals surface area (Å²) in [4.78, 5) is 19.1. The smallest absolute Gasteiger partial charge is 0.266 e. The molecule has 8 nitrogen and oxygen atoms in total. The number of fused-ring (bicyclic) bond motifs is 1. The Labute approximate surface area is 175 Å². The van der Waals surface area contributed by atoms with Gasteiger partial charge in [-0.25, -0.2) is 4.68 Å². The third-order valence-electron chi connectivity index (χ3n) is 6.24. The molecule has 0 aliphatic carbocycles. The molecule has 30 heavy (non-hydrogen) atoms. The molecule has 1 fully saturated rings. The van der Waals surface area contributed by atoms with Gasteiger partial charge in [0, 0.05) is 43.0 Å². The minimum atomic E-state index is -0.0640. The van der Waals surface area contributed by atoms with Crippen LogP contribution in [-0.4, -0.2) is 47.0 Å². The molecule has 0 amide bonds. The van der Waals surface area contributed by atoms with Gasteiger partial charge in [-0.3, -0.25) is 14.7 Å². The van der Waals surface area contributed by atoms with E-state index >= 15 is 0 Å². The van der Waals surface area contributed by atoms with Crippen LogP contribution in [0.3, 0.4) is 0 Å². The van der Waals surface area contributed by atoms with E-state index in [1.54, 1.807) is 29.2 Å². The lowest BCUT2D eigenvalue weighted by Gasteiger charge is -2.24. The number of aromatic nitrogens is 6. The van der Waals surface area contributed by atoms with Crippen LogP contribution in [0.5, 0.6) is 0 Å². The molecule has 1 atom stereocenters. The zero-order valence-corrected chi connectivity index (χ0v) is 17.2. The molecule has 0 radical (unpaired) electrons. The first-order valence-corrected chi connectivity index (χ1v) is 10.9. The van der Waals surface area contributed by atoms with Crippen LogP contribution in [0.1, 0.15) is 43.8 Å². The highest BCUT2D eigenvalue weighted by atomic mass is 16.1. The van der Waals surface area contributed by atoms with Crippen molar-refractivity contribution in [3.05, 3.63) is 58.7 Å². The van der Waals surface area contributed by atoms with Gasteiger partial charge in [-0.1, -0.05) is 6.42 Å². The number of hydrogen-bond acceptors (Lipinski definition) is 6. The normalized spacial score (nSPS) is 19.5. The first-order chi connectivity index (χ1) is 14.8. The predicted octanol–water partition coefficient (Wildman–Crippen LogP) is 2.29. The Kier molecular flexibility index (Phi) is 5.40. The highest BCUT2D eigenvalue weighted by Crippen LogP contribution is 2.23. The van der Waals surface area contributed by atoms with Crippen LogP contribution in [0.2, 0.25) is 0 Å². The molecular formula is C22H27N7O. The summed E-state index contributed by atoms with van der Waals surface area (Å²) in [6.45, 7) is 3.41. The van der Waals surface area contributed by atoms with Gasteiger partial charge in [0.2, 0.25) is 0 Å². The molecule has 8 heteroatoms. The summed E-state index contributed by atoms with van der Waals surface area (Å²) in [7, 11) is 0. The second-order valence-corrected chi connectivity index (χ2v) is 8.24. The Morgan fingerprint density at radius 3 is 2.90 bits per heavy atom. The quantitative estimate of drug-likeness (QED) is 0.648. The second-order valence-electron chi connectivity index (χ2n) is 8.24. The fraction of sp³-hybridized carbons (Fsp3) is 0.500. The van der Waals surface area contributed by atoms with Crippen molar-refractivity contribution in [3.63, 3.8) is 0 Å². The summed E-state index contributed by atoms with van der Waals surface area (Å²) in [5.74, 6) is 2.18. The summed E-state index contributed by atoms with van der Waals surface area (Å²) in [5, 5.41) is 13.6. The molecule has 0 aromatic carbocycles. The van der Waals surface area contributed by atoms with Crippen molar-refractivity contribution in [1.82, 2.24) is 34.4 Å². The third kappa shape index (κ3) is 3.92. The molecule has 0 bridgehead atoms. The number of pyridine rings is 1. The molecule has 3 aromatic rings. The maximum atomic E-state index is 12.5. The molecule has 5 rings (SSSR count). The molecule has 3 aromatic heterocycles. The Morgan fingerprint density at radius 1 is 1.03 bits per heavy atom. The summed E-state index contributed by atoms with van der Waals surface area (Å²) >= 11 is 0. The van der Waals surface area contributed by atoms with Gasteiger partial charge in [0.15, 0.2) is 0 Å². The molecule has 2 aliphatic heterocycles. The van der Waals surface area contributed by atoms with E-state index in [1.807, 2.05) is 12.1 Å². The minimum Gasteiger partial charge on any atom is -0.314 e. The van der Waals surface area contributed by atoms with Crippen molar-refractivity contribution in [2.24, 2.45) is 0 Å². The van der Waals surface area contributed by atoms with Crippen LogP contribution < -0.4 is 5.56 Å². The molecule has 5 heterocycles. The SMILES string of the molecule is O=c1ccc(-c2cccnc2)nn1CC1CCCN1Cc1nnc2n1CCCCC2. The van der Waals surface area contributed by atoms with Crippen molar-refractivity contribution in [3.8, 4) is 11.3 Å². The van der Waals surface area contributed by atoms with E-state index in [-0.39, 0.29) is 11.6 Å². The summed E-state index contributed by atoms with van der Waals surface area (Å²) in [6, 6.07) is 7.49. The third-order valence-corrected chi connectivity index (χ3v) is 6.24. The molecule has 0 saturated carbocycles. The van der Waals surface area contributed by atoms with E-state index in [0.717, 1.165) is 61.8 Å². The van der Waals surface area contributed by atoms with Crippen LogP contribution in [0, 0.1) is 0 Å². The lowest BCUT2D eigenvalue weighted by Crippen LogP contribution is -2.37. The monoisotopic (exact) mass is 405 g/mol. The van der Waals surface area contributed by atoms with E-state index in [0.29, 0.717) is 6.54 Å². The number of rotatable bonds is 5. The summed E-state index contributed by atoms with van der Waals surface area (Å²) in [6.07, 6.45) is 10.4. The van der Waals surface area contributed by atoms with Crippen molar-refractivity contribution < 1.29 is 0 Å². The van der Waals surface area contributed by atoms with Gasteiger partial charge in [-0.15, -0.1) is 10.2 Å². The van der Waals surface area contributed by atoms with Crippen molar-refractivity contribution >= 4 is 0 Å². The Balaban J connectivity index is 1.34. The lowest BCUT2D eigenvalue weighted by atomic mass is 10.2. The Bertz CT molecular complexity index is 1060.